The van der Waals surface area contributed by atoms with Crippen LogP contribution in [-0.4, -0.2) is 40.0 Å². The van der Waals surface area contributed by atoms with Gasteiger partial charge in [0, 0.05) is 12.5 Å². The van der Waals surface area contributed by atoms with E-state index < -0.39 is 6.09 Å². The molecule has 0 aromatic carbocycles. The van der Waals surface area contributed by atoms with Crippen LogP contribution in [0.25, 0.3) is 0 Å². The second kappa shape index (κ2) is 5.85. The number of carbonyl (C=O) groups is 1. The van der Waals surface area contributed by atoms with E-state index in [-0.39, 0.29) is 5.41 Å². The smallest absolute Gasteiger partial charge is 0.323 e. The summed E-state index contributed by atoms with van der Waals surface area (Å²) in [7, 11) is 1.47. The molecule has 100 valence electrons. The number of hydrogen-bond donors (Lipinski definition) is 1. The Morgan fingerprint density at radius 2 is 2.22 bits per heavy atom. The van der Waals surface area contributed by atoms with Crippen molar-refractivity contribution < 1.29 is 9.63 Å². The highest BCUT2D eigenvalue weighted by Crippen LogP contribution is 2.18. The fraction of sp³-hybridized carbons (Fsp3) is 0.600. The summed E-state index contributed by atoms with van der Waals surface area (Å²) in [5.74, 6) is 0.499. The van der Waals surface area contributed by atoms with Crippen LogP contribution >= 0.6 is 11.8 Å². The van der Waals surface area contributed by atoms with Crippen LogP contribution in [0.3, 0.4) is 0 Å². The third kappa shape index (κ3) is 3.73. The summed E-state index contributed by atoms with van der Waals surface area (Å²) in [6.07, 6.45) is 2.81. The van der Waals surface area contributed by atoms with Crippen LogP contribution in [0, 0.1) is 5.41 Å². The maximum absolute atomic E-state index is 11.0. The summed E-state index contributed by atoms with van der Waals surface area (Å²) >= 11 is 1.43. The number of nitrogens with zero attached hydrogens (tertiary/aromatic N) is 4. The summed E-state index contributed by atoms with van der Waals surface area (Å²) in [5, 5.41) is 11.0. The topological polar surface area (TPSA) is 81.4 Å². The fourth-order valence-electron chi connectivity index (χ4n) is 1.10. The van der Waals surface area contributed by atoms with Crippen molar-refractivity contribution in [2.75, 3.05) is 13.3 Å². The van der Waals surface area contributed by atoms with Gasteiger partial charge in [-0.2, -0.15) is 0 Å². The highest BCUT2D eigenvalue weighted by atomic mass is 32.2. The summed E-state index contributed by atoms with van der Waals surface area (Å²) in [5.41, 5.74) is -0.336. The minimum absolute atomic E-state index is 0.336. The van der Waals surface area contributed by atoms with E-state index in [1.165, 1.54) is 23.5 Å². The molecule has 1 N–H and O–H groups in total. The second-order valence-corrected chi connectivity index (χ2v) is 5.24. The third-order valence-corrected chi connectivity index (χ3v) is 2.51. The van der Waals surface area contributed by atoms with E-state index in [0.29, 0.717) is 11.0 Å². The van der Waals surface area contributed by atoms with E-state index in [0.717, 1.165) is 0 Å². The Balaban J connectivity index is 3.02. The van der Waals surface area contributed by atoms with Gasteiger partial charge in [0.15, 0.2) is 5.84 Å². The first-order chi connectivity index (χ1) is 8.38. The average Bonchev–Trinajstić information content (AvgIpc) is 2.75. The van der Waals surface area contributed by atoms with Crippen LogP contribution in [0.2, 0.25) is 0 Å². The molecule has 1 aromatic rings. The number of oxime groups is 1. The Morgan fingerprint density at radius 1 is 1.56 bits per heavy atom. The fourth-order valence-corrected chi connectivity index (χ4v) is 1.42. The van der Waals surface area contributed by atoms with Gasteiger partial charge >= 0.3 is 6.09 Å². The molecule has 8 heteroatoms. The number of hydrogen-bond acceptors (Lipinski definition) is 6. The molecule has 0 aliphatic carbocycles. The van der Waals surface area contributed by atoms with Gasteiger partial charge in [-0.25, -0.2) is 14.5 Å². The second-order valence-electron chi connectivity index (χ2n) is 4.47. The van der Waals surface area contributed by atoms with Crippen LogP contribution in [0.1, 0.15) is 20.8 Å². The molecule has 1 heterocycles. The molecule has 0 spiro atoms. The Hall–Kier alpha value is -1.57. The zero-order chi connectivity index (χ0) is 13.8. The van der Waals surface area contributed by atoms with Crippen molar-refractivity contribution in [3.05, 3.63) is 6.33 Å². The monoisotopic (exact) mass is 271 g/mol. The van der Waals surface area contributed by atoms with E-state index in [9.17, 15) is 4.79 Å². The molecule has 1 aromatic heterocycles. The Labute approximate surface area is 110 Å². The van der Waals surface area contributed by atoms with E-state index in [1.807, 2.05) is 27.0 Å². The molecule has 0 saturated carbocycles. The number of nitrogens with one attached hydrogen (secondary N) is 1. The number of amides is 1. The van der Waals surface area contributed by atoms with Crippen LogP contribution in [0.15, 0.2) is 16.6 Å². The van der Waals surface area contributed by atoms with Gasteiger partial charge in [-0.3, -0.25) is 4.84 Å². The first kappa shape index (κ1) is 14.5. The summed E-state index contributed by atoms with van der Waals surface area (Å²) in [4.78, 5) is 19.9. The van der Waals surface area contributed by atoms with Crippen molar-refractivity contribution in [2.45, 2.75) is 25.9 Å². The first-order valence-corrected chi connectivity index (χ1v) is 6.54. The van der Waals surface area contributed by atoms with E-state index >= 15 is 0 Å². The maximum atomic E-state index is 11.0. The molecule has 1 rings (SSSR count). The van der Waals surface area contributed by atoms with Crippen molar-refractivity contribution in [3.63, 3.8) is 0 Å². The van der Waals surface area contributed by atoms with Crippen molar-refractivity contribution in [1.82, 2.24) is 20.1 Å². The number of carbonyl (C=O) groups excluding carboxylic acids is 1. The number of aromatic nitrogens is 3. The number of thioether (sulfide) groups is 1. The molecule has 0 bridgehead atoms. The Kier molecular flexibility index (Phi) is 4.71. The van der Waals surface area contributed by atoms with Crippen molar-refractivity contribution in [3.8, 4) is 0 Å². The van der Waals surface area contributed by atoms with Gasteiger partial charge in [0.2, 0.25) is 5.16 Å². The minimum atomic E-state index is -0.623. The first-order valence-electron chi connectivity index (χ1n) is 5.31. The molecular weight excluding hydrogens is 254 g/mol. The molecule has 7 nitrogen and oxygen atoms in total. The molecule has 0 unspecified atom stereocenters. The van der Waals surface area contributed by atoms with Crippen LogP contribution < -0.4 is 5.32 Å². The average molecular weight is 271 g/mol. The zero-order valence-electron chi connectivity index (χ0n) is 11.1. The van der Waals surface area contributed by atoms with Gasteiger partial charge in [-0.1, -0.05) is 37.7 Å². The molecule has 0 fully saturated rings. The molecule has 0 radical (unpaired) electrons. The Bertz CT molecular complexity index is 449. The molecule has 0 saturated heterocycles. The lowest BCUT2D eigenvalue weighted by atomic mass is 9.95. The molecule has 1 amide bonds. The van der Waals surface area contributed by atoms with Crippen LogP contribution in [0.5, 0.6) is 0 Å². The summed E-state index contributed by atoms with van der Waals surface area (Å²) in [6.45, 7) is 5.83. The zero-order valence-corrected chi connectivity index (χ0v) is 11.9. The Morgan fingerprint density at radius 3 is 2.67 bits per heavy atom. The van der Waals surface area contributed by atoms with Crippen molar-refractivity contribution >= 4 is 23.7 Å². The summed E-state index contributed by atoms with van der Waals surface area (Å²) in [6, 6.07) is 0. The lowest BCUT2D eigenvalue weighted by Crippen LogP contribution is -2.30. The van der Waals surface area contributed by atoms with Gasteiger partial charge in [-0.15, -0.1) is 5.10 Å². The molecule has 0 aliphatic heterocycles. The van der Waals surface area contributed by atoms with Crippen molar-refractivity contribution in [1.29, 1.82) is 0 Å². The van der Waals surface area contributed by atoms with Crippen LogP contribution in [-0.2, 0) is 4.84 Å². The number of rotatable bonds is 2. The standard InChI is InChI=1S/C10H17N5O2S/c1-10(2,3)7(14-17-9(16)11-4)15-6-12-8(13-15)18-5/h6H,1-5H3,(H,11,16). The maximum Gasteiger partial charge on any atom is 0.433 e. The minimum Gasteiger partial charge on any atom is -0.323 e. The molecule has 0 aliphatic rings. The van der Waals surface area contributed by atoms with Gasteiger partial charge < -0.3 is 5.32 Å². The van der Waals surface area contributed by atoms with Gasteiger partial charge in [0.25, 0.3) is 0 Å². The summed E-state index contributed by atoms with van der Waals surface area (Å²) < 4.78 is 1.51. The molecule has 18 heavy (non-hydrogen) atoms. The van der Waals surface area contributed by atoms with Gasteiger partial charge in [-0.05, 0) is 6.26 Å². The predicted molar refractivity (Wildman–Crippen MR) is 69.6 cm³/mol. The van der Waals surface area contributed by atoms with Gasteiger partial charge in [0.1, 0.15) is 6.33 Å². The van der Waals surface area contributed by atoms with Gasteiger partial charge in [0.05, 0.1) is 0 Å². The normalized spacial score (nSPS) is 12.4. The third-order valence-electron chi connectivity index (χ3n) is 1.96. The quantitative estimate of drug-likeness (QED) is 0.290. The lowest BCUT2D eigenvalue weighted by molar-refractivity contribution is 0.151. The van der Waals surface area contributed by atoms with Crippen molar-refractivity contribution in [2.24, 2.45) is 10.6 Å². The molecule has 0 atom stereocenters. The largest absolute Gasteiger partial charge is 0.433 e. The van der Waals surface area contributed by atoms with E-state index in [2.05, 4.69) is 20.6 Å². The highest BCUT2D eigenvalue weighted by molar-refractivity contribution is 7.98. The predicted octanol–water partition coefficient (Wildman–Crippen LogP) is 1.56. The van der Waals surface area contributed by atoms with E-state index in [1.54, 1.807) is 6.33 Å². The molecular formula is C10H17N5O2S. The van der Waals surface area contributed by atoms with Crippen LogP contribution in [0.4, 0.5) is 4.79 Å². The SMILES string of the molecule is CNC(=O)ON=C(n1cnc(SC)n1)C(C)(C)C. The lowest BCUT2D eigenvalue weighted by Gasteiger charge is -2.19. The van der Waals surface area contributed by atoms with E-state index in [4.69, 9.17) is 4.84 Å². The highest BCUT2D eigenvalue weighted by Gasteiger charge is 2.24.